The third-order valence-electron chi connectivity index (χ3n) is 3.09. The molecule has 0 saturated heterocycles. The Bertz CT molecular complexity index is 571. The molecular weight excluding hydrogens is 244 g/mol. The number of aromatic nitrogens is 4. The number of methoxy groups -OCH3 is 1. The SMILES string of the molecule is COc1cnn(C(C)C)c1C(O)c1cc(C)nn1C. The van der Waals surface area contributed by atoms with Crippen molar-refractivity contribution in [3.63, 3.8) is 0 Å². The fourth-order valence-electron chi connectivity index (χ4n) is 2.21. The van der Waals surface area contributed by atoms with Gasteiger partial charge in [-0.25, -0.2) is 0 Å². The number of aryl methyl sites for hydroxylation is 2. The van der Waals surface area contributed by atoms with E-state index >= 15 is 0 Å². The Morgan fingerprint density at radius 3 is 2.53 bits per heavy atom. The van der Waals surface area contributed by atoms with E-state index in [0.29, 0.717) is 11.4 Å². The summed E-state index contributed by atoms with van der Waals surface area (Å²) in [5.74, 6) is 0.583. The van der Waals surface area contributed by atoms with E-state index < -0.39 is 6.10 Å². The summed E-state index contributed by atoms with van der Waals surface area (Å²) >= 11 is 0. The van der Waals surface area contributed by atoms with Crippen molar-refractivity contribution in [1.29, 1.82) is 0 Å². The molecule has 2 heterocycles. The molecular formula is C13H20N4O2. The van der Waals surface area contributed by atoms with Crippen molar-refractivity contribution in [3.05, 3.63) is 29.3 Å². The van der Waals surface area contributed by atoms with Gasteiger partial charge in [-0.15, -0.1) is 0 Å². The van der Waals surface area contributed by atoms with Crippen molar-refractivity contribution in [2.45, 2.75) is 32.9 Å². The van der Waals surface area contributed by atoms with Crippen molar-refractivity contribution >= 4 is 0 Å². The molecule has 1 N–H and O–H groups in total. The first-order valence-electron chi connectivity index (χ1n) is 6.25. The molecule has 2 rings (SSSR count). The Morgan fingerprint density at radius 1 is 1.37 bits per heavy atom. The van der Waals surface area contributed by atoms with Crippen molar-refractivity contribution in [2.24, 2.45) is 7.05 Å². The quantitative estimate of drug-likeness (QED) is 0.911. The number of aliphatic hydroxyl groups is 1. The van der Waals surface area contributed by atoms with Gasteiger partial charge in [0, 0.05) is 13.1 Å². The molecule has 0 spiro atoms. The van der Waals surface area contributed by atoms with E-state index in [1.807, 2.05) is 33.9 Å². The third-order valence-corrected chi connectivity index (χ3v) is 3.09. The molecule has 6 nitrogen and oxygen atoms in total. The van der Waals surface area contributed by atoms with Crippen LogP contribution in [0.25, 0.3) is 0 Å². The molecule has 2 aromatic rings. The predicted octanol–water partition coefficient (Wildman–Crippen LogP) is 1.60. The maximum absolute atomic E-state index is 10.6. The Balaban J connectivity index is 2.51. The molecule has 19 heavy (non-hydrogen) atoms. The molecule has 1 unspecified atom stereocenters. The van der Waals surface area contributed by atoms with Crippen LogP contribution in [0.5, 0.6) is 5.75 Å². The van der Waals surface area contributed by atoms with E-state index in [2.05, 4.69) is 10.2 Å². The average Bonchev–Trinajstić information content (AvgIpc) is 2.91. The lowest BCUT2D eigenvalue weighted by atomic mass is 10.1. The second kappa shape index (κ2) is 5.05. The van der Waals surface area contributed by atoms with Gasteiger partial charge in [-0.1, -0.05) is 0 Å². The molecule has 0 radical (unpaired) electrons. The minimum atomic E-state index is -0.814. The summed E-state index contributed by atoms with van der Waals surface area (Å²) in [4.78, 5) is 0. The number of ether oxygens (including phenoxy) is 1. The van der Waals surface area contributed by atoms with Gasteiger partial charge < -0.3 is 9.84 Å². The fourth-order valence-corrected chi connectivity index (χ4v) is 2.21. The molecule has 0 aliphatic rings. The summed E-state index contributed by atoms with van der Waals surface area (Å²) in [6.07, 6.45) is 0.813. The highest BCUT2D eigenvalue weighted by Gasteiger charge is 2.25. The lowest BCUT2D eigenvalue weighted by Gasteiger charge is -2.17. The van der Waals surface area contributed by atoms with Gasteiger partial charge in [0.1, 0.15) is 11.8 Å². The zero-order chi connectivity index (χ0) is 14.2. The molecule has 0 amide bonds. The van der Waals surface area contributed by atoms with Crippen LogP contribution in [-0.4, -0.2) is 31.8 Å². The second-order valence-electron chi connectivity index (χ2n) is 4.87. The Morgan fingerprint density at radius 2 is 2.05 bits per heavy atom. The van der Waals surface area contributed by atoms with Crippen LogP contribution in [0.4, 0.5) is 0 Å². The van der Waals surface area contributed by atoms with Gasteiger partial charge in [-0.05, 0) is 26.8 Å². The van der Waals surface area contributed by atoms with Gasteiger partial charge in [0.15, 0.2) is 5.75 Å². The fraction of sp³-hybridized carbons (Fsp3) is 0.538. The van der Waals surface area contributed by atoms with Crippen LogP contribution in [0.15, 0.2) is 12.3 Å². The molecule has 6 heteroatoms. The first kappa shape index (κ1) is 13.6. The normalized spacial score (nSPS) is 13.0. The smallest absolute Gasteiger partial charge is 0.163 e. The molecule has 0 aliphatic carbocycles. The molecule has 0 aromatic carbocycles. The number of hydrogen-bond acceptors (Lipinski definition) is 4. The van der Waals surface area contributed by atoms with Crippen LogP contribution in [0, 0.1) is 6.92 Å². The van der Waals surface area contributed by atoms with Gasteiger partial charge in [-0.2, -0.15) is 10.2 Å². The van der Waals surface area contributed by atoms with Gasteiger partial charge in [0.05, 0.1) is 24.7 Å². The van der Waals surface area contributed by atoms with Crippen LogP contribution in [0.3, 0.4) is 0 Å². The highest BCUT2D eigenvalue weighted by Crippen LogP contribution is 2.31. The number of nitrogens with zero attached hydrogens (tertiary/aromatic N) is 4. The molecule has 0 aliphatic heterocycles. The molecule has 2 aromatic heterocycles. The van der Waals surface area contributed by atoms with Gasteiger partial charge in [-0.3, -0.25) is 9.36 Å². The zero-order valence-electron chi connectivity index (χ0n) is 12.0. The predicted molar refractivity (Wildman–Crippen MR) is 71.2 cm³/mol. The van der Waals surface area contributed by atoms with E-state index in [1.54, 1.807) is 22.7 Å². The van der Waals surface area contributed by atoms with E-state index in [9.17, 15) is 5.11 Å². The Labute approximate surface area is 112 Å². The number of hydrogen-bond donors (Lipinski definition) is 1. The Hall–Kier alpha value is -1.82. The van der Waals surface area contributed by atoms with Crippen LogP contribution >= 0.6 is 0 Å². The summed E-state index contributed by atoms with van der Waals surface area (Å²) < 4.78 is 8.74. The maximum atomic E-state index is 10.6. The summed E-state index contributed by atoms with van der Waals surface area (Å²) in [5, 5.41) is 19.1. The zero-order valence-corrected chi connectivity index (χ0v) is 12.0. The van der Waals surface area contributed by atoms with E-state index in [0.717, 1.165) is 11.4 Å². The van der Waals surface area contributed by atoms with Crippen molar-refractivity contribution in [1.82, 2.24) is 19.6 Å². The van der Waals surface area contributed by atoms with Crippen LogP contribution in [0.2, 0.25) is 0 Å². The minimum Gasteiger partial charge on any atom is -0.493 e. The van der Waals surface area contributed by atoms with Gasteiger partial charge >= 0.3 is 0 Å². The average molecular weight is 264 g/mol. The number of aliphatic hydroxyl groups excluding tert-OH is 1. The van der Waals surface area contributed by atoms with Gasteiger partial charge in [0.25, 0.3) is 0 Å². The van der Waals surface area contributed by atoms with Crippen molar-refractivity contribution in [3.8, 4) is 5.75 Å². The van der Waals surface area contributed by atoms with Gasteiger partial charge in [0.2, 0.25) is 0 Å². The summed E-state index contributed by atoms with van der Waals surface area (Å²) in [5.41, 5.74) is 2.24. The first-order chi connectivity index (χ1) is 8.95. The highest BCUT2D eigenvalue weighted by atomic mass is 16.5. The van der Waals surface area contributed by atoms with Crippen molar-refractivity contribution < 1.29 is 9.84 Å². The minimum absolute atomic E-state index is 0.142. The molecule has 0 bridgehead atoms. The Kier molecular flexibility index (Phi) is 3.61. The van der Waals surface area contributed by atoms with E-state index in [1.165, 1.54) is 0 Å². The second-order valence-corrected chi connectivity index (χ2v) is 4.87. The summed E-state index contributed by atoms with van der Waals surface area (Å²) in [6.45, 7) is 5.92. The molecule has 0 fully saturated rings. The largest absolute Gasteiger partial charge is 0.493 e. The monoisotopic (exact) mass is 264 g/mol. The lowest BCUT2D eigenvalue weighted by molar-refractivity contribution is 0.190. The highest BCUT2D eigenvalue weighted by molar-refractivity contribution is 5.33. The van der Waals surface area contributed by atoms with Crippen LogP contribution < -0.4 is 4.74 Å². The van der Waals surface area contributed by atoms with E-state index in [4.69, 9.17) is 4.74 Å². The standard InChI is InChI=1S/C13H20N4O2/c1-8(2)17-12(11(19-5)7-14-17)13(18)10-6-9(3)15-16(10)4/h6-8,13,18H,1-5H3. The molecule has 0 saturated carbocycles. The van der Waals surface area contributed by atoms with Crippen LogP contribution in [-0.2, 0) is 7.05 Å². The molecule has 104 valence electrons. The van der Waals surface area contributed by atoms with Crippen LogP contribution in [0.1, 0.15) is 43.1 Å². The molecule has 1 atom stereocenters. The lowest BCUT2D eigenvalue weighted by Crippen LogP contribution is -2.15. The van der Waals surface area contributed by atoms with E-state index in [-0.39, 0.29) is 6.04 Å². The summed E-state index contributed by atoms with van der Waals surface area (Å²) in [6, 6.07) is 2.00. The maximum Gasteiger partial charge on any atom is 0.163 e. The third kappa shape index (κ3) is 2.35. The summed E-state index contributed by atoms with van der Waals surface area (Å²) in [7, 11) is 3.39. The first-order valence-corrected chi connectivity index (χ1v) is 6.25. The van der Waals surface area contributed by atoms with Crippen molar-refractivity contribution in [2.75, 3.05) is 7.11 Å². The topological polar surface area (TPSA) is 65.1 Å². The number of rotatable bonds is 4.